The van der Waals surface area contributed by atoms with E-state index in [0.29, 0.717) is 13.2 Å². The van der Waals surface area contributed by atoms with E-state index in [0.717, 1.165) is 12.2 Å². The lowest BCUT2D eigenvalue weighted by molar-refractivity contribution is -0.701. The molecule has 0 bridgehead atoms. The smallest absolute Gasteiger partial charge is 0.245 e. The first kappa shape index (κ1) is 14.2. The van der Waals surface area contributed by atoms with Gasteiger partial charge in [0.05, 0.1) is 13.2 Å². The number of aromatic nitrogens is 1. The van der Waals surface area contributed by atoms with E-state index in [-0.39, 0.29) is 23.3 Å². The molecule has 0 amide bonds. The molecule has 19 heavy (non-hydrogen) atoms. The molecule has 0 atom stereocenters. The van der Waals surface area contributed by atoms with Crippen LogP contribution in [-0.4, -0.2) is 13.2 Å². The fraction of sp³-hybridized carbons (Fsp3) is 0.267. The molecule has 0 N–H and O–H groups in total. The lowest BCUT2D eigenvalue weighted by Crippen LogP contribution is -3.00. The van der Waals surface area contributed by atoms with Gasteiger partial charge in [-0.3, -0.25) is 0 Å². The number of nitrogens with zero attached hydrogens (tertiary/aromatic N) is 1. The summed E-state index contributed by atoms with van der Waals surface area (Å²) in [6, 6.07) is 16.5. The minimum atomic E-state index is -0.227. The minimum Gasteiger partial charge on any atom is -1.00 e. The maximum atomic E-state index is 5.57. The quantitative estimate of drug-likeness (QED) is 0.682. The van der Waals surface area contributed by atoms with Gasteiger partial charge in [0.1, 0.15) is 0 Å². The van der Waals surface area contributed by atoms with Crippen LogP contribution in [0.25, 0.3) is 0 Å². The average molecular weight is 322 g/mol. The van der Waals surface area contributed by atoms with Crippen molar-refractivity contribution in [1.82, 2.24) is 0 Å². The summed E-state index contributed by atoms with van der Waals surface area (Å²) in [6.07, 6.45) is 1.84. The molecule has 1 aliphatic rings. The molecular weight excluding hydrogens is 306 g/mol. The molecule has 1 aromatic heterocycles. The maximum absolute atomic E-state index is 5.57. The minimum absolute atomic E-state index is 0. The predicted molar refractivity (Wildman–Crippen MR) is 66.8 cm³/mol. The molecule has 0 unspecified atom stereocenters. The zero-order chi connectivity index (χ0) is 12.2. The second kappa shape index (κ2) is 6.80. The molecule has 3 nitrogen and oxygen atoms in total. The lowest BCUT2D eigenvalue weighted by atomic mass is 10.2. The SMILES string of the molecule is [Br-].c1ccc(C[n+]2ccccc2C2OCCO2)cc1. The number of hydrogen-bond donors (Lipinski definition) is 0. The predicted octanol–water partition coefficient (Wildman–Crippen LogP) is -0.928. The van der Waals surface area contributed by atoms with Crippen LogP contribution in [0.1, 0.15) is 17.5 Å². The Morgan fingerprint density at radius 2 is 1.63 bits per heavy atom. The van der Waals surface area contributed by atoms with E-state index < -0.39 is 0 Å². The third-order valence-electron chi connectivity index (χ3n) is 3.03. The zero-order valence-electron chi connectivity index (χ0n) is 10.5. The highest BCUT2D eigenvalue weighted by Crippen LogP contribution is 2.20. The van der Waals surface area contributed by atoms with Gasteiger partial charge in [-0.05, 0) is 6.07 Å². The van der Waals surface area contributed by atoms with Crippen molar-refractivity contribution in [3.05, 3.63) is 66.0 Å². The van der Waals surface area contributed by atoms with Gasteiger partial charge in [0, 0.05) is 17.7 Å². The van der Waals surface area contributed by atoms with Gasteiger partial charge in [0.15, 0.2) is 12.7 Å². The van der Waals surface area contributed by atoms with Crippen molar-refractivity contribution in [2.24, 2.45) is 0 Å². The first-order valence-electron chi connectivity index (χ1n) is 6.19. The van der Waals surface area contributed by atoms with Crippen molar-refractivity contribution in [3.8, 4) is 0 Å². The van der Waals surface area contributed by atoms with Gasteiger partial charge in [-0.15, -0.1) is 0 Å². The van der Waals surface area contributed by atoms with Gasteiger partial charge in [0.2, 0.25) is 12.0 Å². The highest BCUT2D eigenvalue weighted by Gasteiger charge is 2.26. The maximum Gasteiger partial charge on any atom is 0.245 e. The van der Waals surface area contributed by atoms with Crippen molar-refractivity contribution < 1.29 is 31.0 Å². The Morgan fingerprint density at radius 3 is 2.37 bits per heavy atom. The molecule has 0 saturated carbocycles. The summed E-state index contributed by atoms with van der Waals surface area (Å²) in [5.41, 5.74) is 2.34. The molecule has 0 spiro atoms. The molecule has 0 aliphatic carbocycles. The van der Waals surface area contributed by atoms with E-state index in [1.165, 1.54) is 5.56 Å². The number of halogens is 1. The first-order chi connectivity index (χ1) is 8.93. The number of rotatable bonds is 3. The highest BCUT2D eigenvalue weighted by atomic mass is 79.9. The Morgan fingerprint density at radius 1 is 0.947 bits per heavy atom. The van der Waals surface area contributed by atoms with Crippen LogP contribution in [0.4, 0.5) is 0 Å². The highest BCUT2D eigenvalue weighted by molar-refractivity contribution is 5.13. The molecule has 2 aromatic rings. The molecular formula is C15H16BrNO2. The van der Waals surface area contributed by atoms with E-state index in [1.807, 2.05) is 18.2 Å². The van der Waals surface area contributed by atoms with Crippen LogP contribution in [0.5, 0.6) is 0 Å². The Balaban J connectivity index is 0.00000133. The molecule has 100 valence electrons. The molecule has 1 aromatic carbocycles. The summed E-state index contributed by atoms with van der Waals surface area (Å²) < 4.78 is 13.3. The lowest BCUT2D eigenvalue weighted by Gasteiger charge is -2.08. The van der Waals surface area contributed by atoms with E-state index in [4.69, 9.17) is 9.47 Å². The summed E-state index contributed by atoms with van der Waals surface area (Å²) >= 11 is 0. The summed E-state index contributed by atoms with van der Waals surface area (Å²) in [7, 11) is 0. The van der Waals surface area contributed by atoms with Crippen LogP contribution in [0.15, 0.2) is 54.7 Å². The monoisotopic (exact) mass is 321 g/mol. The summed E-state index contributed by atoms with van der Waals surface area (Å²) in [4.78, 5) is 0. The van der Waals surface area contributed by atoms with Crippen LogP contribution >= 0.6 is 0 Å². The van der Waals surface area contributed by atoms with Crippen molar-refractivity contribution in [3.63, 3.8) is 0 Å². The van der Waals surface area contributed by atoms with E-state index in [1.54, 1.807) is 0 Å². The summed E-state index contributed by atoms with van der Waals surface area (Å²) in [5, 5.41) is 0. The molecule has 1 fully saturated rings. The van der Waals surface area contributed by atoms with Gasteiger partial charge < -0.3 is 26.5 Å². The van der Waals surface area contributed by atoms with Crippen LogP contribution in [0.2, 0.25) is 0 Å². The number of hydrogen-bond acceptors (Lipinski definition) is 2. The summed E-state index contributed by atoms with van der Waals surface area (Å²) in [6.45, 7) is 2.18. The zero-order valence-corrected chi connectivity index (χ0v) is 12.1. The van der Waals surface area contributed by atoms with Gasteiger partial charge in [-0.2, -0.15) is 4.57 Å². The molecule has 2 heterocycles. The van der Waals surface area contributed by atoms with E-state index in [2.05, 4.69) is 41.1 Å². The van der Waals surface area contributed by atoms with E-state index in [9.17, 15) is 0 Å². The van der Waals surface area contributed by atoms with Crippen molar-refractivity contribution in [1.29, 1.82) is 0 Å². The molecule has 1 aliphatic heterocycles. The Hall–Kier alpha value is -1.23. The average Bonchev–Trinajstić information content (AvgIpc) is 2.94. The second-order valence-electron chi connectivity index (χ2n) is 4.31. The normalized spacial score (nSPS) is 15.2. The van der Waals surface area contributed by atoms with Crippen LogP contribution < -0.4 is 21.5 Å². The van der Waals surface area contributed by atoms with Crippen molar-refractivity contribution >= 4 is 0 Å². The fourth-order valence-electron chi connectivity index (χ4n) is 2.16. The van der Waals surface area contributed by atoms with Crippen LogP contribution in [0, 0.1) is 0 Å². The van der Waals surface area contributed by atoms with Crippen LogP contribution in [-0.2, 0) is 16.0 Å². The van der Waals surface area contributed by atoms with Crippen molar-refractivity contribution in [2.45, 2.75) is 12.8 Å². The molecule has 4 heteroatoms. The topological polar surface area (TPSA) is 22.3 Å². The van der Waals surface area contributed by atoms with Gasteiger partial charge in [-0.1, -0.05) is 30.3 Å². The number of benzene rings is 1. The number of pyridine rings is 1. The molecule has 0 radical (unpaired) electrons. The van der Waals surface area contributed by atoms with Gasteiger partial charge in [-0.25, -0.2) is 0 Å². The van der Waals surface area contributed by atoms with E-state index >= 15 is 0 Å². The third kappa shape index (κ3) is 3.41. The number of ether oxygens (including phenoxy) is 2. The van der Waals surface area contributed by atoms with Gasteiger partial charge in [0.25, 0.3) is 0 Å². The van der Waals surface area contributed by atoms with Gasteiger partial charge >= 0.3 is 0 Å². The largest absolute Gasteiger partial charge is 1.00 e. The first-order valence-corrected chi connectivity index (χ1v) is 6.19. The Labute approximate surface area is 123 Å². The molecule has 1 saturated heterocycles. The van der Waals surface area contributed by atoms with Crippen molar-refractivity contribution in [2.75, 3.05) is 13.2 Å². The summed E-state index contributed by atoms with van der Waals surface area (Å²) in [5.74, 6) is 0. The molecule has 3 rings (SSSR count). The Kier molecular flexibility index (Phi) is 5.07. The third-order valence-corrected chi connectivity index (χ3v) is 3.03. The standard InChI is InChI=1S/C15H16NO2.BrH/c1-2-6-13(7-3-1)12-16-9-5-4-8-14(16)15-17-10-11-18-15;/h1-9,15H,10-12H2;1H/q+1;/p-1. The fourth-order valence-corrected chi connectivity index (χ4v) is 2.16. The Bertz CT molecular complexity index is 513. The second-order valence-corrected chi connectivity index (χ2v) is 4.31. The van der Waals surface area contributed by atoms with Crippen LogP contribution in [0.3, 0.4) is 0 Å².